The van der Waals surface area contributed by atoms with Gasteiger partial charge in [-0.2, -0.15) is 0 Å². The second-order valence-electron chi connectivity index (χ2n) is 9.43. The number of ether oxygens (including phenoxy) is 4. The van der Waals surface area contributed by atoms with Crippen molar-refractivity contribution in [3.05, 3.63) is 47.5 Å². The predicted molar refractivity (Wildman–Crippen MR) is 134 cm³/mol. The summed E-state index contributed by atoms with van der Waals surface area (Å²) < 4.78 is 22.1. The Hall–Kier alpha value is -3.02. The molecule has 0 aliphatic carbocycles. The molecule has 14 nitrogen and oxygen atoms in total. The van der Waals surface area contributed by atoms with Crippen LogP contribution in [0.3, 0.4) is 0 Å². The number of aliphatic hydroxyl groups excluding tert-OH is 7. The van der Waals surface area contributed by atoms with Crippen LogP contribution in [0.15, 0.2) is 36.4 Å². The molecule has 0 saturated carbocycles. The molecule has 2 aliphatic rings. The van der Waals surface area contributed by atoms with Crippen LogP contribution in [-0.4, -0.2) is 126 Å². The maximum atomic E-state index is 10.8. The molecule has 220 valence electrons. The molecule has 10 N–H and O–H groups in total. The SMILES string of the molecule is OC[C@H]1O[C@H](O[C@H]2[C@H](O)[C@@H](O)[C@H](Oc3c(O)cc(O)cc3/C=C/c3ccc(O)cc3)O[C@@H]2CO)[C@H](O)[C@@H](O)[C@@H]1O. The average Bonchev–Trinajstić information content (AvgIpc) is 2.93. The highest BCUT2D eigenvalue weighted by Gasteiger charge is 2.51. The Kier molecular flexibility index (Phi) is 9.48. The van der Waals surface area contributed by atoms with Gasteiger partial charge in [-0.25, -0.2) is 0 Å². The van der Waals surface area contributed by atoms with E-state index in [2.05, 4.69) is 0 Å². The van der Waals surface area contributed by atoms with Gasteiger partial charge < -0.3 is 70.0 Å². The molecule has 0 unspecified atom stereocenters. The van der Waals surface area contributed by atoms with Gasteiger partial charge >= 0.3 is 0 Å². The van der Waals surface area contributed by atoms with E-state index in [0.29, 0.717) is 5.56 Å². The van der Waals surface area contributed by atoms with Crippen LogP contribution < -0.4 is 4.74 Å². The Balaban J connectivity index is 1.53. The highest BCUT2D eigenvalue weighted by molar-refractivity contribution is 5.75. The van der Waals surface area contributed by atoms with E-state index in [1.54, 1.807) is 18.2 Å². The molecule has 2 heterocycles. The fourth-order valence-electron chi connectivity index (χ4n) is 4.41. The molecule has 0 spiro atoms. The Labute approximate surface area is 227 Å². The zero-order valence-electron chi connectivity index (χ0n) is 20.9. The topological polar surface area (TPSA) is 239 Å². The Morgan fingerprint density at radius 1 is 0.675 bits per heavy atom. The maximum absolute atomic E-state index is 10.8. The van der Waals surface area contributed by atoms with E-state index in [1.807, 2.05) is 0 Å². The highest BCUT2D eigenvalue weighted by Crippen LogP contribution is 2.38. The fourth-order valence-corrected chi connectivity index (χ4v) is 4.41. The summed E-state index contributed by atoms with van der Waals surface area (Å²) >= 11 is 0. The van der Waals surface area contributed by atoms with Crippen LogP contribution in [-0.2, 0) is 14.2 Å². The van der Waals surface area contributed by atoms with Gasteiger partial charge in [0.25, 0.3) is 0 Å². The Bertz CT molecular complexity index is 1150. The zero-order valence-corrected chi connectivity index (χ0v) is 20.9. The zero-order chi connectivity index (χ0) is 29.1. The van der Waals surface area contributed by atoms with Gasteiger partial charge in [0.1, 0.15) is 60.3 Å². The summed E-state index contributed by atoms with van der Waals surface area (Å²) in [6.45, 7) is -1.50. The van der Waals surface area contributed by atoms with E-state index in [9.17, 15) is 51.1 Å². The monoisotopic (exact) mass is 568 g/mol. The minimum Gasteiger partial charge on any atom is -0.508 e. The lowest BCUT2D eigenvalue weighted by molar-refractivity contribution is -0.352. The number of hydrogen-bond acceptors (Lipinski definition) is 14. The number of phenolic OH excluding ortho intramolecular Hbond substituents is 3. The lowest BCUT2D eigenvalue weighted by atomic mass is 9.97. The van der Waals surface area contributed by atoms with Gasteiger partial charge in [0, 0.05) is 11.6 Å². The molecule has 0 aromatic heterocycles. The van der Waals surface area contributed by atoms with Crippen molar-refractivity contribution in [2.75, 3.05) is 13.2 Å². The first-order chi connectivity index (χ1) is 19.0. The van der Waals surface area contributed by atoms with Crippen LogP contribution >= 0.6 is 0 Å². The molecule has 40 heavy (non-hydrogen) atoms. The summed E-state index contributed by atoms with van der Waals surface area (Å²) in [5, 5.41) is 101. The lowest BCUT2D eigenvalue weighted by Crippen LogP contribution is -2.65. The molecule has 2 aliphatic heterocycles. The summed E-state index contributed by atoms with van der Waals surface area (Å²) in [5.41, 5.74) is 0.806. The van der Waals surface area contributed by atoms with Crippen molar-refractivity contribution >= 4 is 12.2 Å². The van der Waals surface area contributed by atoms with Crippen LogP contribution in [0.5, 0.6) is 23.0 Å². The quantitative estimate of drug-likeness (QED) is 0.155. The second kappa shape index (κ2) is 12.7. The maximum Gasteiger partial charge on any atom is 0.229 e. The minimum atomic E-state index is -1.85. The molecule has 0 amide bonds. The first-order valence-electron chi connectivity index (χ1n) is 12.3. The van der Waals surface area contributed by atoms with Crippen molar-refractivity contribution in [1.29, 1.82) is 0 Å². The number of phenols is 3. The smallest absolute Gasteiger partial charge is 0.229 e. The number of hydrogen-bond donors (Lipinski definition) is 10. The molecular weight excluding hydrogens is 536 g/mol. The van der Waals surface area contributed by atoms with Gasteiger partial charge in [-0.05, 0) is 23.8 Å². The molecular formula is C26H32O14. The van der Waals surface area contributed by atoms with Crippen LogP contribution in [0.1, 0.15) is 11.1 Å². The van der Waals surface area contributed by atoms with Crippen molar-refractivity contribution in [2.45, 2.75) is 61.4 Å². The fraction of sp³-hybridized carbons (Fsp3) is 0.462. The number of benzene rings is 2. The van der Waals surface area contributed by atoms with Crippen LogP contribution in [0.25, 0.3) is 12.2 Å². The van der Waals surface area contributed by atoms with E-state index in [1.165, 1.54) is 24.3 Å². The van der Waals surface area contributed by atoms with Crippen molar-refractivity contribution in [3.63, 3.8) is 0 Å². The van der Waals surface area contributed by atoms with E-state index in [4.69, 9.17) is 18.9 Å². The molecule has 0 radical (unpaired) electrons. The van der Waals surface area contributed by atoms with Gasteiger partial charge in [0.15, 0.2) is 17.8 Å². The van der Waals surface area contributed by atoms with Gasteiger partial charge in [-0.3, -0.25) is 0 Å². The average molecular weight is 569 g/mol. The molecule has 2 saturated heterocycles. The molecule has 14 heteroatoms. The van der Waals surface area contributed by atoms with E-state index >= 15 is 0 Å². The largest absolute Gasteiger partial charge is 0.508 e. The van der Waals surface area contributed by atoms with Crippen molar-refractivity contribution < 1.29 is 70.0 Å². The van der Waals surface area contributed by atoms with Gasteiger partial charge in [-0.15, -0.1) is 0 Å². The Morgan fingerprint density at radius 3 is 1.95 bits per heavy atom. The van der Waals surface area contributed by atoms with Crippen molar-refractivity contribution in [1.82, 2.24) is 0 Å². The van der Waals surface area contributed by atoms with Crippen LogP contribution in [0.4, 0.5) is 0 Å². The first-order valence-corrected chi connectivity index (χ1v) is 12.3. The highest BCUT2D eigenvalue weighted by atomic mass is 16.7. The number of rotatable bonds is 8. The van der Waals surface area contributed by atoms with E-state index in [-0.39, 0.29) is 22.8 Å². The predicted octanol–water partition coefficient (Wildman–Crippen LogP) is -2.02. The van der Waals surface area contributed by atoms with Gasteiger partial charge in [-0.1, -0.05) is 24.3 Å². The molecule has 2 fully saturated rings. The van der Waals surface area contributed by atoms with Crippen LogP contribution in [0, 0.1) is 0 Å². The van der Waals surface area contributed by atoms with Crippen molar-refractivity contribution in [2.24, 2.45) is 0 Å². The summed E-state index contributed by atoms with van der Waals surface area (Å²) in [7, 11) is 0. The van der Waals surface area contributed by atoms with E-state index < -0.39 is 80.4 Å². The molecule has 4 rings (SSSR count). The normalized spacial score (nSPS) is 34.7. The molecule has 10 atom stereocenters. The third kappa shape index (κ3) is 6.31. The summed E-state index contributed by atoms with van der Waals surface area (Å²) in [6.07, 6.45) is -13.4. The van der Waals surface area contributed by atoms with Crippen LogP contribution in [0.2, 0.25) is 0 Å². The minimum absolute atomic E-state index is 0.0606. The molecule has 2 aromatic carbocycles. The third-order valence-electron chi connectivity index (χ3n) is 6.63. The summed E-state index contributed by atoms with van der Waals surface area (Å²) in [5.74, 6) is -1.02. The lowest BCUT2D eigenvalue weighted by Gasteiger charge is -2.45. The van der Waals surface area contributed by atoms with Gasteiger partial charge in [0.2, 0.25) is 6.29 Å². The Morgan fingerprint density at radius 2 is 1.30 bits per heavy atom. The standard InChI is InChI=1S/C26H32O14/c27-9-16-18(32)19(33)21(35)25(37-16)40-24-17(10-28)38-26(22(36)20(24)34)39-23-12(7-14(30)8-15(23)31)4-1-11-2-5-13(29)6-3-11/h1-8,16-22,24-36H,9-10H2/b4-1+/t16-,17-,18-,19+,20-,21-,22-,24-,25-,26+/m1/s1. The summed E-state index contributed by atoms with van der Waals surface area (Å²) in [6, 6.07) is 8.38. The number of aromatic hydroxyl groups is 3. The first kappa shape index (κ1) is 30.0. The summed E-state index contributed by atoms with van der Waals surface area (Å²) in [4.78, 5) is 0. The van der Waals surface area contributed by atoms with Gasteiger partial charge in [0.05, 0.1) is 13.2 Å². The third-order valence-corrected chi connectivity index (χ3v) is 6.63. The van der Waals surface area contributed by atoms with E-state index in [0.717, 1.165) is 6.07 Å². The molecule has 0 bridgehead atoms. The van der Waals surface area contributed by atoms with Crippen molar-refractivity contribution in [3.8, 4) is 23.0 Å². The number of aliphatic hydroxyl groups is 7. The molecule has 2 aromatic rings. The second-order valence-corrected chi connectivity index (χ2v) is 9.43.